The maximum atomic E-state index is 12.5. The molecular formula is C19H26N2O3S2. The molecule has 1 aromatic carbocycles. The van der Waals surface area contributed by atoms with Gasteiger partial charge in [-0.05, 0) is 59.7 Å². The minimum absolute atomic E-state index is 0.0464. The molecule has 1 N–H and O–H groups in total. The minimum atomic E-state index is -3.25. The number of benzene rings is 1. The number of nitrogens with one attached hydrogen (secondary N) is 1. The van der Waals surface area contributed by atoms with Crippen LogP contribution in [0.2, 0.25) is 0 Å². The molecule has 0 aliphatic rings. The fourth-order valence-electron chi connectivity index (χ4n) is 2.86. The lowest BCUT2D eigenvalue weighted by Crippen LogP contribution is -2.37. The SMILES string of the molecule is CCN(CC)C(CNC(=O)c1ccc(S(=O)(=O)CC)cc1)c1ccsc1. The van der Waals surface area contributed by atoms with Crippen LogP contribution in [0.15, 0.2) is 46.0 Å². The van der Waals surface area contributed by atoms with Gasteiger partial charge in [0.15, 0.2) is 9.84 Å². The predicted octanol–water partition coefficient (Wildman–Crippen LogP) is 3.35. The third-order valence-corrected chi connectivity index (χ3v) is 6.94. The van der Waals surface area contributed by atoms with Crippen molar-refractivity contribution in [2.24, 2.45) is 0 Å². The molecule has 2 rings (SSSR count). The largest absolute Gasteiger partial charge is 0.350 e. The molecule has 1 amide bonds. The molecule has 1 unspecified atom stereocenters. The van der Waals surface area contributed by atoms with E-state index in [1.54, 1.807) is 30.4 Å². The van der Waals surface area contributed by atoms with Gasteiger partial charge in [0, 0.05) is 12.1 Å². The molecule has 1 heterocycles. The van der Waals surface area contributed by atoms with Gasteiger partial charge in [0.05, 0.1) is 16.7 Å². The van der Waals surface area contributed by atoms with E-state index in [1.165, 1.54) is 17.7 Å². The van der Waals surface area contributed by atoms with E-state index in [2.05, 4.69) is 35.5 Å². The van der Waals surface area contributed by atoms with Gasteiger partial charge in [0.1, 0.15) is 0 Å². The van der Waals surface area contributed by atoms with Gasteiger partial charge < -0.3 is 5.32 Å². The molecule has 0 radical (unpaired) electrons. The van der Waals surface area contributed by atoms with Crippen LogP contribution in [0.3, 0.4) is 0 Å². The molecule has 0 spiro atoms. The first kappa shape index (κ1) is 20.6. The number of carbonyl (C=O) groups excluding carboxylic acids is 1. The summed E-state index contributed by atoms with van der Waals surface area (Å²) < 4.78 is 23.7. The normalized spacial score (nSPS) is 12.9. The molecule has 2 aromatic rings. The van der Waals surface area contributed by atoms with E-state index >= 15 is 0 Å². The van der Waals surface area contributed by atoms with Crippen LogP contribution in [0.4, 0.5) is 0 Å². The molecule has 0 bridgehead atoms. The van der Waals surface area contributed by atoms with Crippen LogP contribution in [0, 0.1) is 0 Å². The average molecular weight is 395 g/mol. The highest BCUT2D eigenvalue weighted by atomic mass is 32.2. The predicted molar refractivity (Wildman–Crippen MR) is 106 cm³/mol. The van der Waals surface area contributed by atoms with Crippen LogP contribution in [0.1, 0.15) is 42.7 Å². The van der Waals surface area contributed by atoms with Crippen molar-refractivity contribution < 1.29 is 13.2 Å². The second-order valence-electron chi connectivity index (χ2n) is 5.93. The Morgan fingerprint density at radius 1 is 1.12 bits per heavy atom. The summed E-state index contributed by atoms with van der Waals surface area (Å²) in [5.74, 6) is -0.150. The number of carbonyl (C=O) groups is 1. The Labute approximate surface area is 160 Å². The fourth-order valence-corrected chi connectivity index (χ4v) is 4.45. The number of hydrogen-bond acceptors (Lipinski definition) is 5. The van der Waals surface area contributed by atoms with Gasteiger partial charge in [-0.25, -0.2) is 8.42 Å². The first-order valence-corrected chi connectivity index (χ1v) is 11.4. The number of likely N-dealkylation sites (N-methyl/N-ethyl adjacent to an activating group) is 1. The van der Waals surface area contributed by atoms with Gasteiger partial charge in [0.2, 0.25) is 0 Å². The fraction of sp³-hybridized carbons (Fsp3) is 0.421. The van der Waals surface area contributed by atoms with Crippen molar-refractivity contribution in [2.75, 3.05) is 25.4 Å². The van der Waals surface area contributed by atoms with Crippen LogP contribution in [-0.2, 0) is 9.84 Å². The maximum absolute atomic E-state index is 12.5. The van der Waals surface area contributed by atoms with Gasteiger partial charge in [-0.3, -0.25) is 9.69 Å². The van der Waals surface area contributed by atoms with Gasteiger partial charge in [0.25, 0.3) is 5.91 Å². The van der Waals surface area contributed by atoms with E-state index in [4.69, 9.17) is 0 Å². The Bertz CT molecular complexity index is 796. The quantitative estimate of drug-likeness (QED) is 0.708. The lowest BCUT2D eigenvalue weighted by Gasteiger charge is -2.29. The number of nitrogens with zero attached hydrogens (tertiary/aromatic N) is 1. The number of hydrogen-bond donors (Lipinski definition) is 1. The highest BCUT2D eigenvalue weighted by Gasteiger charge is 2.20. The van der Waals surface area contributed by atoms with E-state index < -0.39 is 9.84 Å². The van der Waals surface area contributed by atoms with E-state index in [0.29, 0.717) is 12.1 Å². The lowest BCUT2D eigenvalue weighted by molar-refractivity contribution is 0.0935. The zero-order valence-corrected chi connectivity index (χ0v) is 17.1. The Kier molecular flexibility index (Phi) is 7.37. The zero-order valence-electron chi connectivity index (χ0n) is 15.4. The third kappa shape index (κ3) is 4.93. The van der Waals surface area contributed by atoms with E-state index in [9.17, 15) is 13.2 Å². The lowest BCUT2D eigenvalue weighted by atomic mass is 10.1. The van der Waals surface area contributed by atoms with Crippen molar-refractivity contribution >= 4 is 27.1 Å². The van der Waals surface area contributed by atoms with Crippen LogP contribution in [0.5, 0.6) is 0 Å². The van der Waals surface area contributed by atoms with Gasteiger partial charge >= 0.3 is 0 Å². The monoisotopic (exact) mass is 394 g/mol. The molecule has 5 nitrogen and oxygen atoms in total. The van der Waals surface area contributed by atoms with Crippen molar-refractivity contribution in [1.29, 1.82) is 0 Å². The van der Waals surface area contributed by atoms with E-state index in [1.807, 2.05) is 5.38 Å². The van der Waals surface area contributed by atoms with Crippen molar-refractivity contribution in [2.45, 2.75) is 31.7 Å². The Morgan fingerprint density at radius 3 is 2.27 bits per heavy atom. The first-order valence-electron chi connectivity index (χ1n) is 8.80. The van der Waals surface area contributed by atoms with Crippen LogP contribution in [0.25, 0.3) is 0 Å². The molecule has 0 saturated heterocycles. The van der Waals surface area contributed by atoms with E-state index in [-0.39, 0.29) is 22.6 Å². The Morgan fingerprint density at radius 2 is 1.77 bits per heavy atom. The molecule has 0 aliphatic carbocycles. The second kappa shape index (κ2) is 9.30. The van der Waals surface area contributed by atoms with Gasteiger partial charge in [-0.2, -0.15) is 11.3 Å². The zero-order chi connectivity index (χ0) is 19.2. The second-order valence-corrected chi connectivity index (χ2v) is 8.99. The van der Waals surface area contributed by atoms with Crippen molar-refractivity contribution in [1.82, 2.24) is 10.2 Å². The topological polar surface area (TPSA) is 66.5 Å². The number of amides is 1. The molecule has 142 valence electrons. The first-order chi connectivity index (χ1) is 12.4. The molecule has 0 aliphatic heterocycles. The van der Waals surface area contributed by atoms with Crippen molar-refractivity contribution in [3.05, 3.63) is 52.2 Å². The molecule has 26 heavy (non-hydrogen) atoms. The summed E-state index contributed by atoms with van der Waals surface area (Å²) in [4.78, 5) is 15.0. The van der Waals surface area contributed by atoms with E-state index in [0.717, 1.165) is 13.1 Å². The van der Waals surface area contributed by atoms with Crippen LogP contribution < -0.4 is 5.32 Å². The van der Waals surface area contributed by atoms with Crippen molar-refractivity contribution in [3.8, 4) is 0 Å². The van der Waals surface area contributed by atoms with Gasteiger partial charge in [-0.1, -0.05) is 20.8 Å². The molecule has 0 fully saturated rings. The highest BCUT2D eigenvalue weighted by molar-refractivity contribution is 7.91. The average Bonchev–Trinajstić information content (AvgIpc) is 3.19. The number of sulfone groups is 1. The van der Waals surface area contributed by atoms with Crippen LogP contribution in [-0.4, -0.2) is 44.6 Å². The molecule has 1 aromatic heterocycles. The summed E-state index contributed by atoms with van der Waals surface area (Å²) in [5.41, 5.74) is 1.66. The summed E-state index contributed by atoms with van der Waals surface area (Å²) in [6, 6.07) is 8.33. The number of rotatable bonds is 9. The summed E-state index contributed by atoms with van der Waals surface area (Å²) in [5, 5.41) is 7.14. The molecule has 0 saturated carbocycles. The summed E-state index contributed by atoms with van der Waals surface area (Å²) in [6.45, 7) is 8.13. The Balaban J connectivity index is 2.08. The minimum Gasteiger partial charge on any atom is -0.350 e. The number of thiophene rings is 1. The van der Waals surface area contributed by atoms with Crippen molar-refractivity contribution in [3.63, 3.8) is 0 Å². The summed E-state index contributed by atoms with van der Waals surface area (Å²) in [7, 11) is -3.25. The molecule has 7 heteroatoms. The third-order valence-electron chi connectivity index (χ3n) is 4.49. The molecule has 1 atom stereocenters. The van der Waals surface area contributed by atoms with Gasteiger partial charge in [-0.15, -0.1) is 0 Å². The summed E-state index contributed by atoms with van der Waals surface area (Å²) >= 11 is 1.65. The Hall–Kier alpha value is -1.70. The highest BCUT2D eigenvalue weighted by Crippen LogP contribution is 2.22. The maximum Gasteiger partial charge on any atom is 0.251 e. The smallest absolute Gasteiger partial charge is 0.251 e. The standard InChI is InChI=1S/C19H26N2O3S2/c1-4-21(5-2)18(16-11-12-25-14-16)13-20-19(22)15-7-9-17(10-8-15)26(23,24)6-3/h7-12,14,18H,4-6,13H2,1-3H3,(H,20,22). The summed E-state index contributed by atoms with van der Waals surface area (Å²) in [6.07, 6.45) is 0. The molecular weight excluding hydrogens is 368 g/mol. The van der Waals surface area contributed by atoms with Crippen LogP contribution >= 0.6 is 11.3 Å².